The first-order valence-electron chi connectivity index (χ1n) is 6.17. The standard InChI is InChI=1S/C12H19N3O2/c16-12(17)9-15(11-3-1-2-4-11)8-7-14-6-5-13-10-14/h5-6,10-11H,1-4,7-9H2,(H,16,17). The molecule has 1 aliphatic carbocycles. The number of imidazole rings is 1. The predicted octanol–water partition coefficient (Wildman–Crippen LogP) is 1.21. The molecule has 5 nitrogen and oxygen atoms in total. The lowest BCUT2D eigenvalue weighted by Gasteiger charge is -2.27. The minimum atomic E-state index is -0.734. The van der Waals surface area contributed by atoms with Gasteiger partial charge < -0.3 is 9.67 Å². The Balaban J connectivity index is 1.88. The monoisotopic (exact) mass is 237 g/mol. The fourth-order valence-electron chi connectivity index (χ4n) is 2.50. The molecule has 0 spiro atoms. The Morgan fingerprint density at radius 1 is 1.47 bits per heavy atom. The van der Waals surface area contributed by atoms with Crippen LogP contribution in [0, 0.1) is 0 Å². The van der Waals surface area contributed by atoms with E-state index in [9.17, 15) is 4.79 Å². The first-order valence-corrected chi connectivity index (χ1v) is 6.17. The van der Waals surface area contributed by atoms with E-state index in [1.165, 1.54) is 12.8 Å². The van der Waals surface area contributed by atoms with Crippen molar-refractivity contribution < 1.29 is 9.90 Å². The molecule has 1 aromatic heterocycles. The first-order chi connectivity index (χ1) is 8.25. The molecule has 0 aliphatic heterocycles. The van der Waals surface area contributed by atoms with Gasteiger partial charge in [0.25, 0.3) is 0 Å². The van der Waals surface area contributed by atoms with Gasteiger partial charge in [0.15, 0.2) is 0 Å². The van der Waals surface area contributed by atoms with Crippen molar-refractivity contribution in [1.29, 1.82) is 0 Å². The van der Waals surface area contributed by atoms with Crippen molar-refractivity contribution >= 4 is 5.97 Å². The van der Waals surface area contributed by atoms with E-state index in [1.54, 1.807) is 12.5 Å². The summed E-state index contributed by atoms with van der Waals surface area (Å²) in [5.41, 5.74) is 0. The highest BCUT2D eigenvalue weighted by Crippen LogP contribution is 2.23. The van der Waals surface area contributed by atoms with Gasteiger partial charge in [-0.3, -0.25) is 9.69 Å². The number of rotatable bonds is 6. The zero-order chi connectivity index (χ0) is 12.1. The number of carboxylic acids is 1. The number of carbonyl (C=O) groups is 1. The Morgan fingerprint density at radius 2 is 2.24 bits per heavy atom. The summed E-state index contributed by atoms with van der Waals surface area (Å²) in [5, 5.41) is 8.94. The Hall–Kier alpha value is -1.36. The van der Waals surface area contributed by atoms with Gasteiger partial charge in [-0.15, -0.1) is 0 Å². The molecule has 0 amide bonds. The van der Waals surface area contributed by atoms with Crippen LogP contribution in [0.4, 0.5) is 0 Å². The molecule has 0 unspecified atom stereocenters. The maximum atomic E-state index is 10.9. The van der Waals surface area contributed by atoms with Gasteiger partial charge in [0.1, 0.15) is 0 Å². The van der Waals surface area contributed by atoms with Crippen LogP contribution in [0.3, 0.4) is 0 Å². The third-order valence-electron chi connectivity index (χ3n) is 3.38. The van der Waals surface area contributed by atoms with Gasteiger partial charge in [0.2, 0.25) is 0 Å². The quantitative estimate of drug-likeness (QED) is 0.808. The summed E-state index contributed by atoms with van der Waals surface area (Å²) in [6.07, 6.45) is 10.2. The fraction of sp³-hybridized carbons (Fsp3) is 0.667. The lowest BCUT2D eigenvalue weighted by Crippen LogP contribution is -2.39. The lowest BCUT2D eigenvalue weighted by molar-refractivity contribution is -0.139. The van der Waals surface area contributed by atoms with Gasteiger partial charge >= 0.3 is 5.97 Å². The molecule has 0 bridgehead atoms. The lowest BCUT2D eigenvalue weighted by atomic mass is 10.2. The topological polar surface area (TPSA) is 58.4 Å². The SMILES string of the molecule is O=C(O)CN(CCn1ccnc1)C1CCCC1. The summed E-state index contributed by atoms with van der Waals surface area (Å²) in [4.78, 5) is 16.9. The number of aromatic nitrogens is 2. The first kappa shape index (κ1) is 12.1. The van der Waals surface area contributed by atoms with Crippen LogP contribution in [0.1, 0.15) is 25.7 Å². The van der Waals surface area contributed by atoms with E-state index in [-0.39, 0.29) is 6.54 Å². The summed E-state index contributed by atoms with van der Waals surface area (Å²) in [6.45, 7) is 1.75. The number of hydrogen-bond donors (Lipinski definition) is 1. The van der Waals surface area contributed by atoms with E-state index in [4.69, 9.17) is 5.11 Å². The minimum Gasteiger partial charge on any atom is -0.480 e. The second-order valence-electron chi connectivity index (χ2n) is 4.60. The molecule has 0 aromatic carbocycles. The Bertz CT molecular complexity index is 345. The van der Waals surface area contributed by atoms with Crippen molar-refractivity contribution in [2.24, 2.45) is 0 Å². The summed E-state index contributed by atoms with van der Waals surface area (Å²) < 4.78 is 1.99. The van der Waals surface area contributed by atoms with E-state index in [1.807, 2.05) is 10.8 Å². The number of aliphatic carboxylic acids is 1. The number of carboxylic acid groups (broad SMARTS) is 1. The van der Waals surface area contributed by atoms with Crippen LogP contribution in [-0.2, 0) is 11.3 Å². The van der Waals surface area contributed by atoms with Crippen molar-refractivity contribution in [2.75, 3.05) is 13.1 Å². The summed E-state index contributed by atoms with van der Waals surface area (Å²) >= 11 is 0. The van der Waals surface area contributed by atoms with Crippen LogP contribution in [0.2, 0.25) is 0 Å². The maximum Gasteiger partial charge on any atom is 0.317 e. The molecule has 2 rings (SSSR count). The molecule has 1 N–H and O–H groups in total. The van der Waals surface area contributed by atoms with Crippen LogP contribution in [0.25, 0.3) is 0 Å². The smallest absolute Gasteiger partial charge is 0.317 e. The Morgan fingerprint density at radius 3 is 2.82 bits per heavy atom. The molecule has 1 aromatic rings. The van der Waals surface area contributed by atoms with Crippen LogP contribution in [0.5, 0.6) is 0 Å². The van der Waals surface area contributed by atoms with E-state index < -0.39 is 5.97 Å². The number of nitrogens with zero attached hydrogens (tertiary/aromatic N) is 3. The molecular weight excluding hydrogens is 218 g/mol. The molecule has 1 aliphatic rings. The molecule has 1 fully saturated rings. The second kappa shape index (κ2) is 5.82. The predicted molar refractivity (Wildman–Crippen MR) is 63.7 cm³/mol. The third kappa shape index (κ3) is 3.56. The Kier molecular flexibility index (Phi) is 4.14. The minimum absolute atomic E-state index is 0.152. The van der Waals surface area contributed by atoms with Gasteiger partial charge in [-0.25, -0.2) is 4.98 Å². The van der Waals surface area contributed by atoms with Crippen LogP contribution in [-0.4, -0.2) is 44.7 Å². The average molecular weight is 237 g/mol. The van der Waals surface area contributed by atoms with Gasteiger partial charge in [-0.1, -0.05) is 12.8 Å². The van der Waals surface area contributed by atoms with Crippen molar-refractivity contribution in [3.05, 3.63) is 18.7 Å². The van der Waals surface area contributed by atoms with E-state index in [0.29, 0.717) is 6.04 Å². The van der Waals surface area contributed by atoms with Gasteiger partial charge in [0, 0.05) is 31.5 Å². The summed E-state index contributed by atoms with van der Waals surface area (Å²) in [6, 6.07) is 0.453. The molecule has 0 atom stereocenters. The molecule has 1 heterocycles. The van der Waals surface area contributed by atoms with Gasteiger partial charge in [-0.05, 0) is 12.8 Å². The van der Waals surface area contributed by atoms with Crippen molar-refractivity contribution in [2.45, 2.75) is 38.3 Å². The highest BCUT2D eigenvalue weighted by molar-refractivity contribution is 5.69. The maximum absolute atomic E-state index is 10.9. The molecule has 5 heteroatoms. The zero-order valence-electron chi connectivity index (χ0n) is 9.96. The average Bonchev–Trinajstić information content (AvgIpc) is 2.96. The zero-order valence-corrected chi connectivity index (χ0v) is 9.96. The van der Waals surface area contributed by atoms with Crippen LogP contribution < -0.4 is 0 Å². The summed E-state index contributed by atoms with van der Waals surface area (Å²) in [7, 11) is 0. The van der Waals surface area contributed by atoms with Crippen molar-refractivity contribution in [3.63, 3.8) is 0 Å². The molecule has 0 radical (unpaired) electrons. The van der Waals surface area contributed by atoms with Gasteiger partial charge in [-0.2, -0.15) is 0 Å². The van der Waals surface area contributed by atoms with Crippen LogP contribution in [0.15, 0.2) is 18.7 Å². The van der Waals surface area contributed by atoms with Gasteiger partial charge in [0.05, 0.1) is 12.9 Å². The molecule has 1 saturated carbocycles. The molecule has 94 valence electrons. The Labute approximate surface area is 101 Å². The largest absolute Gasteiger partial charge is 0.480 e. The van der Waals surface area contributed by atoms with E-state index in [2.05, 4.69) is 9.88 Å². The highest BCUT2D eigenvalue weighted by atomic mass is 16.4. The van der Waals surface area contributed by atoms with Crippen molar-refractivity contribution in [1.82, 2.24) is 14.5 Å². The molecule has 0 saturated heterocycles. The van der Waals surface area contributed by atoms with Crippen LogP contribution >= 0.6 is 0 Å². The van der Waals surface area contributed by atoms with E-state index >= 15 is 0 Å². The van der Waals surface area contributed by atoms with Crippen molar-refractivity contribution in [3.8, 4) is 0 Å². The fourth-order valence-corrected chi connectivity index (χ4v) is 2.50. The molecule has 17 heavy (non-hydrogen) atoms. The van der Waals surface area contributed by atoms with E-state index in [0.717, 1.165) is 25.9 Å². The summed E-state index contributed by atoms with van der Waals surface area (Å²) in [5.74, 6) is -0.734. The molecular formula is C12H19N3O2. The third-order valence-corrected chi connectivity index (χ3v) is 3.38. The number of hydrogen-bond acceptors (Lipinski definition) is 3. The highest BCUT2D eigenvalue weighted by Gasteiger charge is 2.23. The normalized spacial score (nSPS) is 16.8. The second-order valence-corrected chi connectivity index (χ2v) is 4.60.